The number of nitrogens with two attached hydrogens (primary N) is 2. The Kier molecular flexibility index (Phi) is 39.2. The highest BCUT2D eigenvalue weighted by atomic mass is 32.1. The van der Waals surface area contributed by atoms with Crippen LogP contribution in [0.3, 0.4) is 0 Å². The van der Waals surface area contributed by atoms with Crippen molar-refractivity contribution in [1.29, 1.82) is 0 Å². The van der Waals surface area contributed by atoms with Gasteiger partial charge in [0.05, 0.1) is 59.9 Å². The molecule has 0 aliphatic carbocycles. The van der Waals surface area contributed by atoms with E-state index in [0.29, 0.717) is 62.9 Å². The standard InChI is InChI=1S/C83H131N11O15S/c1-19-53(6)72(67(107-17)48-70(100)94-41-26-31-64(94)73(108-18)54(7)65(96)46-59(77-87-40-42-110-77)43-55-27-21-20-22-28-55)93(16)78(104)62(51(2)3)47-68(98)83(14,15)92-80(106)109-50-56-32-34-60(35-33-56)89-75(102)58(30-25-39-88-79(85)105)45-66(97)71(52(4)5)90-76(103)57(44-61(95)49-84)29-23-24-38-86-69(99)37-36-63(91-82(11,12)13)74(101)81(8,9)10/h20-22,27-28,32-35,40,42,51-54,57-59,62-64,67,71-73,91H,19,23-26,29-31,36-39,41,43-50,84H2,1-18H3,(H,86,99)(H,89,102)(H,90,103)(H,92,106)(H3,85,88,105)/t53-,54-,57+,58+,59+,62-,63+,64-,67+,71-,72-,73+/m0/s1. The number of nitrogens with one attached hydrogen (secondary N) is 6. The van der Waals surface area contributed by atoms with E-state index in [2.05, 4.69) is 49.0 Å². The van der Waals surface area contributed by atoms with Crippen LogP contribution in [0.25, 0.3) is 0 Å². The van der Waals surface area contributed by atoms with Crippen LogP contribution in [-0.4, -0.2) is 180 Å². The number of primary amides is 1. The molecule has 8 amide bonds. The summed E-state index contributed by atoms with van der Waals surface area (Å²) in [5, 5.41) is 20.0. The number of amides is 8. The predicted molar refractivity (Wildman–Crippen MR) is 427 cm³/mol. The van der Waals surface area contributed by atoms with E-state index in [-0.39, 0.29) is 142 Å². The van der Waals surface area contributed by atoms with Crippen molar-refractivity contribution < 1.29 is 71.7 Å². The molecule has 3 aromatic rings. The molecule has 110 heavy (non-hydrogen) atoms. The van der Waals surface area contributed by atoms with Crippen molar-refractivity contribution in [1.82, 2.24) is 41.4 Å². The first kappa shape index (κ1) is 94.5. The van der Waals surface area contributed by atoms with Crippen LogP contribution < -0.4 is 43.4 Å². The molecule has 1 saturated heterocycles. The topological polar surface area (TPSA) is 376 Å². The summed E-state index contributed by atoms with van der Waals surface area (Å²) in [6, 6.07) is 13.2. The number of hydrogen-bond donors (Lipinski definition) is 8. The Labute approximate surface area is 657 Å². The number of ether oxygens (including phenoxy) is 3. The molecule has 0 spiro atoms. The maximum atomic E-state index is 14.9. The molecule has 2 heterocycles. The van der Waals surface area contributed by atoms with Gasteiger partial charge in [-0.05, 0) is 127 Å². The molecule has 10 N–H and O–H groups in total. The lowest BCUT2D eigenvalue weighted by molar-refractivity contribution is -0.149. The molecule has 26 nitrogen and oxygen atoms in total. The number of rotatable bonds is 49. The Morgan fingerprint density at radius 1 is 0.727 bits per heavy atom. The summed E-state index contributed by atoms with van der Waals surface area (Å²) in [5.41, 5.74) is 10.5. The summed E-state index contributed by atoms with van der Waals surface area (Å²) in [6.45, 7) is 28.0. The summed E-state index contributed by atoms with van der Waals surface area (Å²) in [7, 11) is 4.79. The highest BCUT2D eigenvalue weighted by Gasteiger charge is 2.45. The van der Waals surface area contributed by atoms with Gasteiger partial charge in [0, 0.05) is 131 Å². The molecule has 614 valence electrons. The Morgan fingerprint density at radius 2 is 1.37 bits per heavy atom. The number of ketones is 5. The fourth-order valence-corrected chi connectivity index (χ4v) is 15.1. The first-order valence-electron chi connectivity index (χ1n) is 39.3. The van der Waals surface area contributed by atoms with Crippen molar-refractivity contribution in [3.63, 3.8) is 0 Å². The van der Waals surface area contributed by atoms with Crippen LogP contribution in [0.2, 0.25) is 0 Å². The van der Waals surface area contributed by atoms with Gasteiger partial charge in [0.25, 0.3) is 0 Å². The average molecular weight is 1560 g/mol. The highest BCUT2D eigenvalue weighted by Crippen LogP contribution is 2.35. The minimum atomic E-state index is -1.49. The average Bonchev–Trinajstić information content (AvgIpc) is 1.50. The number of benzene rings is 2. The van der Waals surface area contributed by atoms with Gasteiger partial charge in [-0.25, -0.2) is 14.6 Å². The van der Waals surface area contributed by atoms with E-state index >= 15 is 0 Å². The van der Waals surface area contributed by atoms with E-state index in [0.717, 1.165) is 17.0 Å². The summed E-state index contributed by atoms with van der Waals surface area (Å²) >= 11 is 1.53. The fourth-order valence-electron chi connectivity index (χ4n) is 14.4. The lowest BCUT2D eigenvalue weighted by Gasteiger charge is -2.41. The van der Waals surface area contributed by atoms with Crippen LogP contribution in [0.1, 0.15) is 222 Å². The maximum absolute atomic E-state index is 14.9. The number of Topliss-reactive ketones (excluding diaryl/α,β-unsaturated/α-hetero) is 5. The number of unbranched alkanes of at least 4 members (excludes halogenated alkanes) is 1. The molecule has 1 aliphatic rings. The van der Waals surface area contributed by atoms with Gasteiger partial charge in [-0.15, -0.1) is 11.3 Å². The number of carbonyl (C=O) groups is 12. The SMILES string of the molecule is CC[C@H](C)[C@@H]([C@@H](CC(=O)N1CCC[C@H]1[C@H](OC)[C@@H](C)C(=O)C[C@@H](Cc1ccccc1)c1nccs1)OC)N(C)C(=O)[C@@H](CC(=O)C(C)(C)NC(=O)OCc1ccc(NC(=O)[C@H](CCCNC(N)=O)CC(=O)[C@@H](NC(=O)[C@H](CCCCNC(=O)CC[C@@H](NC(C)(C)C)C(=O)C(C)(C)C)CC(=O)CN)C(C)C)cc1)C(C)C. The predicted octanol–water partition coefficient (Wildman–Crippen LogP) is 10.4. The molecule has 0 bridgehead atoms. The zero-order chi connectivity index (χ0) is 82.4. The van der Waals surface area contributed by atoms with Crippen molar-refractivity contribution in [2.75, 3.05) is 52.8 Å². The summed E-state index contributed by atoms with van der Waals surface area (Å²) in [5.74, 6) is -7.09. The quantitative estimate of drug-likeness (QED) is 0.0243. The first-order chi connectivity index (χ1) is 51.7. The highest BCUT2D eigenvalue weighted by molar-refractivity contribution is 7.09. The van der Waals surface area contributed by atoms with Gasteiger partial charge in [-0.3, -0.25) is 47.9 Å². The van der Waals surface area contributed by atoms with Gasteiger partial charge in [-0.1, -0.05) is 125 Å². The third kappa shape index (κ3) is 31.0. The van der Waals surface area contributed by atoms with Crippen LogP contribution in [0.15, 0.2) is 66.2 Å². The summed E-state index contributed by atoms with van der Waals surface area (Å²) in [4.78, 5) is 172. The normalized spacial score (nSPS) is 16.4. The number of anilines is 1. The second-order valence-electron chi connectivity index (χ2n) is 33.1. The van der Waals surface area contributed by atoms with E-state index in [9.17, 15) is 57.5 Å². The molecule has 0 unspecified atom stereocenters. The zero-order valence-corrected chi connectivity index (χ0v) is 69.6. The number of nitrogens with zero attached hydrogens (tertiary/aromatic N) is 3. The number of alkyl carbamates (subject to hydrolysis) is 1. The number of thiazole rings is 1. The fraction of sp³-hybridized carbons (Fsp3) is 0.675. The van der Waals surface area contributed by atoms with E-state index in [1.807, 2.05) is 105 Å². The molecule has 1 aliphatic heterocycles. The van der Waals surface area contributed by atoms with Crippen molar-refractivity contribution in [3.8, 4) is 0 Å². The Hall–Kier alpha value is -7.85. The number of carbonyl (C=O) groups excluding carboxylic acids is 12. The summed E-state index contributed by atoms with van der Waals surface area (Å²) in [6.07, 6.45) is 3.78. The van der Waals surface area contributed by atoms with Gasteiger partial charge in [0.2, 0.25) is 29.5 Å². The van der Waals surface area contributed by atoms with Gasteiger partial charge < -0.3 is 67.4 Å². The largest absolute Gasteiger partial charge is 0.445 e. The monoisotopic (exact) mass is 1550 g/mol. The molecule has 27 heteroatoms. The lowest BCUT2D eigenvalue weighted by Crippen LogP contribution is -2.55. The second kappa shape index (κ2) is 45.6. The molecule has 2 aromatic carbocycles. The van der Waals surface area contributed by atoms with Crippen molar-refractivity contribution in [3.05, 3.63) is 82.3 Å². The van der Waals surface area contributed by atoms with Crippen LogP contribution in [-0.2, 0) is 75.2 Å². The second-order valence-corrected chi connectivity index (χ2v) is 34.1. The lowest BCUT2D eigenvalue weighted by atomic mass is 9.83. The van der Waals surface area contributed by atoms with Crippen LogP contribution in [0.5, 0.6) is 0 Å². The summed E-state index contributed by atoms with van der Waals surface area (Å²) < 4.78 is 17.9. The maximum Gasteiger partial charge on any atom is 0.408 e. The van der Waals surface area contributed by atoms with Crippen molar-refractivity contribution >= 4 is 87.6 Å². The molecule has 12 atom stereocenters. The van der Waals surface area contributed by atoms with E-state index in [1.54, 1.807) is 63.4 Å². The number of hydrogen-bond acceptors (Lipinski definition) is 19. The van der Waals surface area contributed by atoms with Gasteiger partial charge in [-0.2, -0.15) is 0 Å². The Morgan fingerprint density at radius 3 is 1.95 bits per heavy atom. The Balaban J connectivity index is 1.36. The van der Waals surface area contributed by atoms with Gasteiger partial charge in [0.1, 0.15) is 18.2 Å². The number of aromatic nitrogens is 1. The third-order valence-electron chi connectivity index (χ3n) is 21.0. The van der Waals surface area contributed by atoms with Gasteiger partial charge >= 0.3 is 12.1 Å². The van der Waals surface area contributed by atoms with Crippen molar-refractivity contribution in [2.24, 2.45) is 58.3 Å². The van der Waals surface area contributed by atoms with E-state index < -0.39 is 106 Å². The smallest absolute Gasteiger partial charge is 0.408 e. The number of methoxy groups -OCH3 is 2. The number of likely N-dealkylation sites (N-methyl/N-ethyl adjacent to an activating group) is 1. The minimum Gasteiger partial charge on any atom is -0.445 e. The molecular formula is C83H131N11O15S. The van der Waals surface area contributed by atoms with Crippen LogP contribution in [0.4, 0.5) is 15.3 Å². The van der Waals surface area contributed by atoms with E-state index in [1.165, 1.54) is 32.3 Å². The zero-order valence-electron chi connectivity index (χ0n) is 68.8. The molecule has 4 rings (SSSR count). The van der Waals surface area contributed by atoms with E-state index in [4.69, 9.17) is 25.7 Å². The molecule has 0 saturated carbocycles. The van der Waals surface area contributed by atoms with Crippen LogP contribution >= 0.6 is 11.3 Å². The molecule has 0 radical (unpaired) electrons. The minimum absolute atomic E-state index is 0.0155. The third-order valence-corrected chi connectivity index (χ3v) is 21.9. The Bertz CT molecular complexity index is 3470. The van der Waals surface area contributed by atoms with Crippen molar-refractivity contribution in [2.45, 2.75) is 267 Å². The molecule has 1 fully saturated rings. The number of likely N-dealkylation sites (tertiary alicyclic amines) is 1. The first-order valence-corrected chi connectivity index (χ1v) is 40.2. The number of urea groups is 1. The molecule has 1 aromatic heterocycles. The van der Waals surface area contributed by atoms with Crippen LogP contribution in [0, 0.1) is 46.8 Å². The van der Waals surface area contributed by atoms with Gasteiger partial charge in [0.15, 0.2) is 17.3 Å². The molecular weight excluding hydrogens is 1420 g/mol.